The molecule has 1 aliphatic carbocycles. The normalized spacial score (nSPS) is 16.9. The van der Waals surface area contributed by atoms with E-state index in [1.54, 1.807) is 0 Å². The third kappa shape index (κ3) is 5.72. The van der Waals surface area contributed by atoms with E-state index >= 15 is 0 Å². The van der Waals surface area contributed by atoms with Gasteiger partial charge in [-0.25, -0.2) is 4.79 Å². The lowest BCUT2D eigenvalue weighted by atomic mass is 10.0. The van der Waals surface area contributed by atoms with E-state index in [9.17, 15) is 14.4 Å². The van der Waals surface area contributed by atoms with Crippen LogP contribution >= 0.6 is 0 Å². The molecule has 0 heterocycles. The summed E-state index contributed by atoms with van der Waals surface area (Å²) in [6, 6.07) is -1.21. The van der Waals surface area contributed by atoms with Crippen LogP contribution in [0.4, 0.5) is 0 Å². The first kappa shape index (κ1) is 15.5. The summed E-state index contributed by atoms with van der Waals surface area (Å²) < 4.78 is 4.40. The fourth-order valence-corrected chi connectivity index (χ4v) is 2.35. The minimum atomic E-state index is -1.22. The Morgan fingerprint density at radius 1 is 1.32 bits per heavy atom. The van der Waals surface area contributed by atoms with Crippen LogP contribution in [0.1, 0.15) is 44.9 Å². The van der Waals surface area contributed by atoms with Crippen molar-refractivity contribution in [3.8, 4) is 0 Å². The van der Waals surface area contributed by atoms with Gasteiger partial charge in [-0.15, -0.1) is 0 Å². The van der Waals surface area contributed by atoms with Crippen LogP contribution in [0.2, 0.25) is 0 Å². The van der Waals surface area contributed by atoms with Crippen molar-refractivity contribution in [2.75, 3.05) is 7.11 Å². The van der Waals surface area contributed by atoms with E-state index in [0.717, 1.165) is 19.3 Å². The summed E-state index contributed by atoms with van der Waals surface area (Å²) in [5.74, 6) is -1.61. The Morgan fingerprint density at radius 3 is 2.47 bits per heavy atom. The maximum absolute atomic E-state index is 11.7. The molecule has 1 atom stereocenters. The van der Waals surface area contributed by atoms with Gasteiger partial charge in [0.05, 0.1) is 13.5 Å². The second kappa shape index (κ2) is 7.76. The Bertz CT molecular complexity index is 336. The summed E-state index contributed by atoms with van der Waals surface area (Å²) in [7, 11) is 1.18. The first-order chi connectivity index (χ1) is 9.02. The van der Waals surface area contributed by atoms with Crippen molar-refractivity contribution in [1.29, 1.82) is 0 Å². The highest BCUT2D eigenvalue weighted by Crippen LogP contribution is 2.28. The number of nitrogens with one attached hydrogen (secondary N) is 1. The second-order valence-corrected chi connectivity index (χ2v) is 4.93. The molecule has 1 amide bonds. The molecule has 108 valence electrons. The molecule has 0 radical (unpaired) electrons. The van der Waals surface area contributed by atoms with E-state index in [1.807, 2.05) is 0 Å². The number of rotatable bonds is 7. The maximum Gasteiger partial charge on any atom is 0.326 e. The van der Waals surface area contributed by atoms with Gasteiger partial charge in [0.25, 0.3) is 0 Å². The molecule has 0 spiro atoms. The zero-order valence-corrected chi connectivity index (χ0v) is 11.2. The molecule has 19 heavy (non-hydrogen) atoms. The Hall–Kier alpha value is -1.59. The third-order valence-corrected chi connectivity index (χ3v) is 3.49. The van der Waals surface area contributed by atoms with Crippen molar-refractivity contribution in [1.82, 2.24) is 5.32 Å². The van der Waals surface area contributed by atoms with Crippen molar-refractivity contribution in [2.24, 2.45) is 5.92 Å². The number of hydrogen-bond acceptors (Lipinski definition) is 4. The molecule has 1 rings (SSSR count). The zero-order chi connectivity index (χ0) is 14.3. The molecule has 6 heteroatoms. The molecule has 1 saturated carbocycles. The molecule has 2 N–H and O–H groups in total. The highest BCUT2D eigenvalue weighted by molar-refractivity contribution is 5.87. The Kier molecular flexibility index (Phi) is 6.32. The molecule has 0 saturated heterocycles. The number of amides is 1. The van der Waals surface area contributed by atoms with Crippen LogP contribution < -0.4 is 5.32 Å². The van der Waals surface area contributed by atoms with Crippen LogP contribution in [0, 0.1) is 5.92 Å². The summed E-state index contributed by atoms with van der Waals surface area (Å²) >= 11 is 0. The predicted octanol–water partition coefficient (Wildman–Crippen LogP) is 1.09. The van der Waals surface area contributed by atoms with E-state index in [2.05, 4.69) is 10.1 Å². The average molecular weight is 271 g/mol. The Labute approximate surface area is 112 Å². The van der Waals surface area contributed by atoms with Crippen LogP contribution in [0.3, 0.4) is 0 Å². The van der Waals surface area contributed by atoms with Crippen LogP contribution in [0.5, 0.6) is 0 Å². The maximum atomic E-state index is 11.7. The van der Waals surface area contributed by atoms with Gasteiger partial charge in [0.1, 0.15) is 6.04 Å². The Balaban J connectivity index is 2.33. The second-order valence-electron chi connectivity index (χ2n) is 4.93. The number of carboxylic acids is 1. The van der Waals surface area contributed by atoms with Crippen molar-refractivity contribution >= 4 is 17.8 Å². The molecule has 0 aliphatic heterocycles. The molecule has 0 bridgehead atoms. The number of methoxy groups -OCH3 is 1. The molecule has 0 unspecified atom stereocenters. The molecule has 6 nitrogen and oxygen atoms in total. The van der Waals surface area contributed by atoms with Gasteiger partial charge in [-0.05, 0) is 12.3 Å². The third-order valence-electron chi connectivity index (χ3n) is 3.49. The number of carbonyl (C=O) groups excluding carboxylic acids is 2. The van der Waals surface area contributed by atoms with Crippen molar-refractivity contribution in [2.45, 2.75) is 51.0 Å². The minimum absolute atomic E-state index is 0.315. The fraction of sp³-hybridized carbons (Fsp3) is 0.769. The standard InChI is InChI=1S/C13H21NO5/c1-19-12(16)8-10(13(17)18)14-11(15)7-6-9-4-2-3-5-9/h9-10H,2-8H2,1H3,(H,14,15)(H,17,18)/t10-/m0/s1. The van der Waals surface area contributed by atoms with E-state index in [0.29, 0.717) is 12.3 Å². The monoisotopic (exact) mass is 271 g/mol. The van der Waals surface area contributed by atoms with Crippen LogP contribution in [0.25, 0.3) is 0 Å². The zero-order valence-electron chi connectivity index (χ0n) is 11.2. The topological polar surface area (TPSA) is 92.7 Å². The largest absolute Gasteiger partial charge is 0.480 e. The van der Waals surface area contributed by atoms with Gasteiger partial charge >= 0.3 is 11.9 Å². The summed E-state index contributed by atoms with van der Waals surface area (Å²) in [4.78, 5) is 33.6. The number of carboxylic acid groups (broad SMARTS) is 1. The highest BCUT2D eigenvalue weighted by Gasteiger charge is 2.24. The molecule has 0 aromatic heterocycles. The van der Waals surface area contributed by atoms with E-state index in [1.165, 1.54) is 20.0 Å². The SMILES string of the molecule is COC(=O)C[C@H](NC(=O)CCC1CCCC1)C(=O)O. The number of esters is 1. The van der Waals surface area contributed by atoms with Gasteiger partial charge in [-0.2, -0.15) is 0 Å². The molecule has 0 aromatic rings. The van der Waals surface area contributed by atoms with Gasteiger partial charge in [-0.3, -0.25) is 9.59 Å². The summed E-state index contributed by atoms with van der Waals surface area (Å²) in [6.45, 7) is 0. The molecule has 1 fully saturated rings. The predicted molar refractivity (Wildman–Crippen MR) is 67.4 cm³/mol. The highest BCUT2D eigenvalue weighted by atomic mass is 16.5. The van der Waals surface area contributed by atoms with Crippen molar-refractivity contribution < 1.29 is 24.2 Å². The summed E-state index contributed by atoms with van der Waals surface area (Å²) in [6.07, 6.45) is 5.49. The van der Waals surface area contributed by atoms with Crippen molar-refractivity contribution in [3.05, 3.63) is 0 Å². The van der Waals surface area contributed by atoms with Crippen LogP contribution in [-0.4, -0.2) is 36.1 Å². The Morgan fingerprint density at radius 2 is 1.95 bits per heavy atom. The summed E-state index contributed by atoms with van der Waals surface area (Å²) in [5.41, 5.74) is 0. The van der Waals surface area contributed by atoms with E-state index in [4.69, 9.17) is 5.11 Å². The van der Waals surface area contributed by atoms with Gasteiger partial charge in [0.2, 0.25) is 5.91 Å². The van der Waals surface area contributed by atoms with Crippen LogP contribution in [0.15, 0.2) is 0 Å². The molecular formula is C13H21NO5. The smallest absolute Gasteiger partial charge is 0.326 e. The first-order valence-electron chi connectivity index (χ1n) is 6.62. The van der Waals surface area contributed by atoms with Gasteiger partial charge in [0, 0.05) is 6.42 Å². The number of hydrogen-bond donors (Lipinski definition) is 2. The lowest BCUT2D eigenvalue weighted by Gasteiger charge is -2.14. The quantitative estimate of drug-likeness (QED) is 0.676. The van der Waals surface area contributed by atoms with E-state index in [-0.39, 0.29) is 12.3 Å². The van der Waals surface area contributed by atoms with Crippen LogP contribution in [-0.2, 0) is 19.1 Å². The van der Waals surface area contributed by atoms with E-state index < -0.39 is 18.0 Å². The first-order valence-corrected chi connectivity index (χ1v) is 6.62. The van der Waals surface area contributed by atoms with Gasteiger partial charge in [0.15, 0.2) is 0 Å². The lowest BCUT2D eigenvalue weighted by Crippen LogP contribution is -2.42. The van der Waals surface area contributed by atoms with Gasteiger partial charge in [-0.1, -0.05) is 25.7 Å². The summed E-state index contributed by atoms with van der Waals surface area (Å²) in [5, 5.41) is 11.3. The molecular weight excluding hydrogens is 250 g/mol. The lowest BCUT2D eigenvalue weighted by molar-refractivity contribution is -0.148. The van der Waals surface area contributed by atoms with Crippen molar-refractivity contribution in [3.63, 3.8) is 0 Å². The number of carbonyl (C=O) groups is 3. The average Bonchev–Trinajstić information content (AvgIpc) is 2.88. The number of ether oxygens (including phenoxy) is 1. The fourth-order valence-electron chi connectivity index (χ4n) is 2.35. The molecule has 0 aromatic carbocycles. The minimum Gasteiger partial charge on any atom is -0.480 e. The van der Waals surface area contributed by atoms with Gasteiger partial charge < -0.3 is 15.2 Å². The molecule has 1 aliphatic rings. The number of aliphatic carboxylic acids is 1.